The third kappa shape index (κ3) is 5.20. The fourth-order valence-corrected chi connectivity index (χ4v) is 5.03. The third-order valence-electron chi connectivity index (χ3n) is 6.25. The molecular formula is C23H39ClN2OSi. The summed E-state index contributed by atoms with van der Waals surface area (Å²) in [6, 6.07) is 2.71. The monoisotopic (exact) mass is 422 g/mol. The number of aryl methyl sites for hydroxylation is 1. The molecule has 2 aromatic heterocycles. The number of aromatic nitrogens is 2. The van der Waals surface area contributed by atoms with Crippen LogP contribution in [0.3, 0.4) is 0 Å². The van der Waals surface area contributed by atoms with Gasteiger partial charge in [-0.3, -0.25) is 0 Å². The minimum atomic E-state index is -1.74. The van der Waals surface area contributed by atoms with Gasteiger partial charge in [0, 0.05) is 29.9 Å². The maximum Gasteiger partial charge on any atom is 0.191 e. The van der Waals surface area contributed by atoms with Crippen LogP contribution >= 0.6 is 11.6 Å². The molecule has 0 aliphatic heterocycles. The highest BCUT2D eigenvalue weighted by atomic mass is 35.5. The molecule has 0 fully saturated rings. The smallest absolute Gasteiger partial charge is 0.191 e. The van der Waals surface area contributed by atoms with Gasteiger partial charge in [-0.2, -0.15) is 0 Å². The van der Waals surface area contributed by atoms with E-state index >= 15 is 0 Å². The first-order valence-corrected chi connectivity index (χ1v) is 14.1. The van der Waals surface area contributed by atoms with E-state index in [0.29, 0.717) is 11.2 Å². The molecule has 0 N–H and O–H groups in total. The van der Waals surface area contributed by atoms with E-state index in [1.165, 1.54) is 36.8 Å². The van der Waals surface area contributed by atoms with E-state index in [1.807, 2.05) is 6.92 Å². The van der Waals surface area contributed by atoms with Gasteiger partial charge in [0.05, 0.1) is 5.52 Å². The summed E-state index contributed by atoms with van der Waals surface area (Å²) < 4.78 is 8.90. The van der Waals surface area contributed by atoms with Crippen LogP contribution in [0.25, 0.3) is 10.9 Å². The van der Waals surface area contributed by atoms with Crippen molar-refractivity contribution in [2.24, 2.45) is 0 Å². The van der Waals surface area contributed by atoms with Gasteiger partial charge in [-0.25, -0.2) is 4.98 Å². The van der Waals surface area contributed by atoms with Crippen LogP contribution in [0.15, 0.2) is 12.3 Å². The fraction of sp³-hybridized carbons (Fsp3) is 0.696. The van der Waals surface area contributed by atoms with E-state index in [2.05, 4.69) is 69.5 Å². The van der Waals surface area contributed by atoms with Crippen LogP contribution in [0.2, 0.25) is 23.3 Å². The summed E-state index contributed by atoms with van der Waals surface area (Å²) in [4.78, 5) is 4.54. The van der Waals surface area contributed by atoms with Gasteiger partial charge in [-0.1, -0.05) is 59.1 Å². The first-order valence-electron chi connectivity index (χ1n) is 10.8. The molecule has 3 nitrogen and oxygen atoms in total. The fourth-order valence-electron chi connectivity index (χ4n) is 3.63. The molecule has 0 aliphatic rings. The number of rotatable bonds is 9. The van der Waals surface area contributed by atoms with Gasteiger partial charge in [-0.05, 0) is 55.9 Å². The Morgan fingerprint density at radius 2 is 1.79 bits per heavy atom. The molecule has 158 valence electrons. The van der Waals surface area contributed by atoms with Gasteiger partial charge < -0.3 is 8.99 Å². The summed E-state index contributed by atoms with van der Waals surface area (Å²) in [5, 5.41) is 1.97. The predicted molar refractivity (Wildman–Crippen MR) is 125 cm³/mol. The average molecular weight is 423 g/mol. The molecule has 0 amide bonds. The van der Waals surface area contributed by atoms with Gasteiger partial charge >= 0.3 is 0 Å². The Morgan fingerprint density at radius 1 is 1.18 bits per heavy atom. The maximum absolute atomic E-state index is 6.62. The van der Waals surface area contributed by atoms with E-state index in [4.69, 9.17) is 16.0 Å². The molecule has 0 aliphatic carbocycles. The number of nitrogens with zero attached hydrogens (tertiary/aromatic N) is 2. The molecule has 0 saturated heterocycles. The van der Waals surface area contributed by atoms with E-state index in [1.54, 1.807) is 0 Å². The summed E-state index contributed by atoms with van der Waals surface area (Å²) >= 11 is 6.62. The van der Waals surface area contributed by atoms with Gasteiger partial charge in [0.15, 0.2) is 8.32 Å². The van der Waals surface area contributed by atoms with Crippen molar-refractivity contribution in [3.05, 3.63) is 28.7 Å². The highest BCUT2D eigenvalue weighted by Gasteiger charge is 2.37. The minimum Gasteiger partial charge on any atom is -0.416 e. The minimum absolute atomic E-state index is 0.227. The lowest BCUT2D eigenvalue weighted by Crippen LogP contribution is -2.41. The van der Waals surface area contributed by atoms with Crippen LogP contribution in [0.1, 0.15) is 77.6 Å². The predicted octanol–water partition coefficient (Wildman–Crippen LogP) is 7.70. The van der Waals surface area contributed by atoms with Crippen molar-refractivity contribution in [1.29, 1.82) is 0 Å². The van der Waals surface area contributed by atoms with Crippen LogP contribution in [0.5, 0.6) is 0 Å². The highest BCUT2D eigenvalue weighted by molar-refractivity contribution is 6.74. The second-order valence-corrected chi connectivity index (χ2v) is 14.8. The van der Waals surface area contributed by atoms with Crippen molar-refractivity contribution < 1.29 is 4.43 Å². The standard InChI is InChI=1S/C23H39ClN2OSi/c1-9-11-19(12-10-2)26-16-18(13-14-27-28(7,8)23(4,5)6)21-20(26)15-17(3)25-22(21)24/h15-16,19H,9-14H2,1-8H3. The Balaban J connectivity index is 2.38. The normalized spacial score (nSPS) is 13.1. The molecule has 2 heterocycles. The van der Waals surface area contributed by atoms with Crippen LogP contribution in [-0.4, -0.2) is 24.5 Å². The highest BCUT2D eigenvalue weighted by Crippen LogP contribution is 2.37. The number of pyridine rings is 1. The summed E-state index contributed by atoms with van der Waals surface area (Å²) in [6.45, 7) is 18.8. The molecular weight excluding hydrogens is 384 g/mol. The van der Waals surface area contributed by atoms with Crippen molar-refractivity contribution >= 4 is 30.8 Å². The third-order valence-corrected chi connectivity index (χ3v) is 11.1. The van der Waals surface area contributed by atoms with E-state index in [-0.39, 0.29) is 5.04 Å². The zero-order valence-corrected chi connectivity index (χ0v) is 20.9. The SMILES string of the molecule is CCCC(CCC)n1cc(CCO[Si](C)(C)C(C)(C)C)c2c(Cl)nc(C)cc21. The second kappa shape index (κ2) is 9.31. The van der Waals surface area contributed by atoms with Crippen molar-refractivity contribution in [3.63, 3.8) is 0 Å². The molecule has 5 heteroatoms. The molecule has 0 bridgehead atoms. The van der Waals surface area contributed by atoms with Gasteiger partial charge in [0.1, 0.15) is 5.15 Å². The molecule has 0 atom stereocenters. The number of halogens is 1. The Bertz CT molecular complexity index is 786. The van der Waals surface area contributed by atoms with Crippen LogP contribution in [0, 0.1) is 6.92 Å². The lowest BCUT2D eigenvalue weighted by molar-refractivity contribution is 0.292. The van der Waals surface area contributed by atoms with Gasteiger partial charge in [0.25, 0.3) is 0 Å². The summed E-state index contributed by atoms with van der Waals surface area (Å²) in [5.41, 5.74) is 3.47. The largest absolute Gasteiger partial charge is 0.416 e. The Morgan fingerprint density at radius 3 is 2.32 bits per heavy atom. The van der Waals surface area contributed by atoms with Crippen molar-refractivity contribution in [1.82, 2.24) is 9.55 Å². The van der Waals surface area contributed by atoms with Crippen LogP contribution < -0.4 is 0 Å². The summed E-state index contributed by atoms with van der Waals surface area (Å²) in [7, 11) is -1.74. The zero-order chi connectivity index (χ0) is 21.1. The Labute approximate surface area is 178 Å². The van der Waals surface area contributed by atoms with Crippen LogP contribution in [0.4, 0.5) is 0 Å². The van der Waals surface area contributed by atoms with Crippen molar-refractivity contribution in [2.45, 2.75) is 97.8 Å². The molecule has 28 heavy (non-hydrogen) atoms. The number of hydrogen-bond donors (Lipinski definition) is 0. The lowest BCUT2D eigenvalue weighted by atomic mass is 10.1. The first kappa shape index (κ1) is 23.4. The quantitative estimate of drug-likeness (QED) is 0.305. The number of hydrogen-bond acceptors (Lipinski definition) is 2. The Hall–Kier alpha value is -0.843. The number of fused-ring (bicyclic) bond motifs is 1. The second-order valence-electron chi connectivity index (χ2n) is 9.60. The lowest BCUT2D eigenvalue weighted by Gasteiger charge is -2.36. The molecule has 2 rings (SSSR count). The zero-order valence-electron chi connectivity index (χ0n) is 19.2. The first-order chi connectivity index (χ1) is 13.0. The van der Waals surface area contributed by atoms with E-state index in [9.17, 15) is 0 Å². The Kier molecular flexibility index (Phi) is 7.80. The van der Waals surface area contributed by atoms with Crippen molar-refractivity contribution in [3.8, 4) is 0 Å². The van der Waals surface area contributed by atoms with E-state index < -0.39 is 8.32 Å². The molecule has 0 radical (unpaired) electrons. The molecule has 0 saturated carbocycles. The molecule has 2 aromatic rings. The van der Waals surface area contributed by atoms with Crippen LogP contribution in [-0.2, 0) is 10.8 Å². The van der Waals surface area contributed by atoms with Crippen molar-refractivity contribution in [2.75, 3.05) is 6.61 Å². The molecule has 0 spiro atoms. The van der Waals surface area contributed by atoms with E-state index in [0.717, 1.165) is 24.1 Å². The van der Waals surface area contributed by atoms with Gasteiger partial charge in [-0.15, -0.1) is 0 Å². The molecule has 0 aromatic carbocycles. The average Bonchev–Trinajstić information content (AvgIpc) is 2.92. The van der Waals surface area contributed by atoms with Gasteiger partial charge in [0.2, 0.25) is 0 Å². The summed E-state index contributed by atoms with van der Waals surface area (Å²) in [5.74, 6) is 0. The maximum atomic E-state index is 6.62. The molecule has 0 unspecified atom stereocenters. The summed E-state index contributed by atoms with van der Waals surface area (Å²) in [6.07, 6.45) is 7.96. The topological polar surface area (TPSA) is 27.1 Å².